The summed E-state index contributed by atoms with van der Waals surface area (Å²) in [6.07, 6.45) is 0.507. The summed E-state index contributed by atoms with van der Waals surface area (Å²) in [6, 6.07) is 2.18. The number of amides is 3. The average Bonchev–Trinajstić information content (AvgIpc) is 2.72. The summed E-state index contributed by atoms with van der Waals surface area (Å²) in [7, 11) is 0. The van der Waals surface area contributed by atoms with Gasteiger partial charge in [-0.15, -0.1) is 0 Å². The number of phenols is 1. The third-order valence-corrected chi connectivity index (χ3v) is 3.74. The summed E-state index contributed by atoms with van der Waals surface area (Å²) in [5, 5.41) is 11.8. The van der Waals surface area contributed by atoms with Crippen LogP contribution in [0.1, 0.15) is 28.8 Å². The van der Waals surface area contributed by atoms with Crippen molar-refractivity contribution in [3.05, 3.63) is 23.3 Å². The van der Waals surface area contributed by atoms with Gasteiger partial charge in [-0.25, -0.2) is 0 Å². The Kier molecular flexibility index (Phi) is 2.63. The molecule has 1 fully saturated rings. The summed E-state index contributed by atoms with van der Waals surface area (Å²) in [6.45, 7) is 0.167. The molecule has 0 bridgehead atoms. The van der Waals surface area contributed by atoms with Crippen LogP contribution in [-0.4, -0.2) is 33.8 Å². The topological polar surface area (TPSA) is 113 Å². The van der Waals surface area contributed by atoms with Crippen LogP contribution in [0.4, 0.5) is 5.69 Å². The molecule has 104 valence electrons. The van der Waals surface area contributed by atoms with E-state index in [1.165, 1.54) is 17.0 Å². The number of nitrogen functional groups attached to an aromatic ring is 1. The summed E-state index contributed by atoms with van der Waals surface area (Å²) in [5.41, 5.74) is 6.84. The van der Waals surface area contributed by atoms with E-state index >= 15 is 0 Å². The van der Waals surface area contributed by atoms with Crippen molar-refractivity contribution in [2.45, 2.75) is 25.4 Å². The van der Waals surface area contributed by atoms with Crippen molar-refractivity contribution >= 4 is 23.4 Å². The minimum absolute atomic E-state index is 0.0818. The molecule has 2 aliphatic heterocycles. The van der Waals surface area contributed by atoms with Crippen molar-refractivity contribution in [3.63, 3.8) is 0 Å². The van der Waals surface area contributed by atoms with Gasteiger partial charge < -0.3 is 15.7 Å². The first-order chi connectivity index (χ1) is 9.49. The van der Waals surface area contributed by atoms with Gasteiger partial charge in [-0.1, -0.05) is 0 Å². The Hall–Kier alpha value is -2.57. The van der Waals surface area contributed by atoms with Crippen molar-refractivity contribution in [2.75, 3.05) is 5.73 Å². The fraction of sp³-hybridized carbons (Fsp3) is 0.308. The van der Waals surface area contributed by atoms with E-state index in [0.29, 0.717) is 17.5 Å². The Balaban J connectivity index is 1.92. The van der Waals surface area contributed by atoms with Crippen molar-refractivity contribution in [1.29, 1.82) is 0 Å². The number of phenolic OH excluding ortho intramolecular Hbond substituents is 1. The molecule has 1 aromatic carbocycles. The average molecular weight is 275 g/mol. The third-order valence-electron chi connectivity index (χ3n) is 3.74. The number of hydrogen-bond donors (Lipinski definition) is 3. The lowest BCUT2D eigenvalue weighted by Crippen LogP contribution is -2.52. The first kappa shape index (κ1) is 12.5. The number of nitrogens with one attached hydrogen (secondary N) is 1. The van der Waals surface area contributed by atoms with Gasteiger partial charge in [0, 0.05) is 24.1 Å². The normalized spacial score (nSPS) is 21.9. The molecular weight excluding hydrogens is 262 g/mol. The van der Waals surface area contributed by atoms with Crippen LogP contribution in [0, 0.1) is 0 Å². The van der Waals surface area contributed by atoms with E-state index in [2.05, 4.69) is 5.32 Å². The smallest absolute Gasteiger partial charge is 0.255 e. The molecule has 3 rings (SSSR count). The largest absolute Gasteiger partial charge is 0.506 e. The van der Waals surface area contributed by atoms with E-state index in [9.17, 15) is 19.5 Å². The van der Waals surface area contributed by atoms with E-state index in [0.717, 1.165) is 0 Å². The Morgan fingerprint density at radius 1 is 1.30 bits per heavy atom. The van der Waals surface area contributed by atoms with Gasteiger partial charge in [0.25, 0.3) is 5.91 Å². The van der Waals surface area contributed by atoms with Crippen LogP contribution >= 0.6 is 0 Å². The summed E-state index contributed by atoms with van der Waals surface area (Å²) in [5.74, 6) is -1.18. The van der Waals surface area contributed by atoms with E-state index in [4.69, 9.17) is 5.73 Å². The predicted octanol–water partition coefficient (Wildman–Crippen LogP) is -0.265. The molecule has 0 radical (unpaired) electrons. The minimum Gasteiger partial charge on any atom is -0.506 e. The number of carbonyl (C=O) groups excluding carboxylic acids is 3. The van der Waals surface area contributed by atoms with Gasteiger partial charge in [-0.05, 0) is 18.6 Å². The van der Waals surface area contributed by atoms with Gasteiger partial charge in [0.05, 0.1) is 5.69 Å². The number of anilines is 1. The molecule has 2 aliphatic rings. The zero-order chi connectivity index (χ0) is 14.4. The van der Waals surface area contributed by atoms with Crippen LogP contribution in [0.15, 0.2) is 12.1 Å². The Morgan fingerprint density at radius 3 is 2.75 bits per heavy atom. The third kappa shape index (κ3) is 1.70. The molecular formula is C13H13N3O4. The lowest BCUT2D eigenvalue weighted by atomic mass is 10.0. The van der Waals surface area contributed by atoms with Gasteiger partial charge >= 0.3 is 0 Å². The SMILES string of the molecule is Nc1c(O)ccc2c1CN(C1CCC(=O)NC1=O)C2=O. The molecule has 1 saturated heterocycles. The van der Waals surface area contributed by atoms with Gasteiger partial charge in [-0.3, -0.25) is 19.7 Å². The maximum atomic E-state index is 12.3. The van der Waals surface area contributed by atoms with Gasteiger partial charge in [0.2, 0.25) is 11.8 Å². The van der Waals surface area contributed by atoms with E-state index < -0.39 is 11.9 Å². The first-order valence-corrected chi connectivity index (χ1v) is 6.24. The molecule has 20 heavy (non-hydrogen) atoms. The maximum absolute atomic E-state index is 12.3. The minimum atomic E-state index is -0.672. The van der Waals surface area contributed by atoms with Crippen LogP contribution in [-0.2, 0) is 16.1 Å². The van der Waals surface area contributed by atoms with Crippen LogP contribution in [0.3, 0.4) is 0 Å². The van der Waals surface area contributed by atoms with Crippen LogP contribution < -0.4 is 11.1 Å². The van der Waals surface area contributed by atoms with E-state index in [-0.39, 0.29) is 36.2 Å². The second-order valence-corrected chi connectivity index (χ2v) is 4.92. The number of hydrogen-bond acceptors (Lipinski definition) is 5. The number of fused-ring (bicyclic) bond motifs is 1. The molecule has 7 nitrogen and oxygen atoms in total. The second kappa shape index (κ2) is 4.22. The van der Waals surface area contributed by atoms with Crippen LogP contribution in [0.5, 0.6) is 5.75 Å². The number of carbonyl (C=O) groups is 3. The summed E-state index contributed by atoms with van der Waals surface area (Å²) >= 11 is 0. The number of imide groups is 1. The highest BCUT2D eigenvalue weighted by Crippen LogP contribution is 2.35. The van der Waals surface area contributed by atoms with Crippen LogP contribution in [0.2, 0.25) is 0 Å². The molecule has 1 unspecified atom stereocenters. The lowest BCUT2D eigenvalue weighted by Gasteiger charge is -2.29. The Bertz CT molecular complexity index is 641. The Morgan fingerprint density at radius 2 is 2.05 bits per heavy atom. The highest BCUT2D eigenvalue weighted by Gasteiger charge is 2.39. The predicted molar refractivity (Wildman–Crippen MR) is 68.6 cm³/mol. The van der Waals surface area contributed by atoms with Gasteiger partial charge in [-0.2, -0.15) is 0 Å². The van der Waals surface area contributed by atoms with Gasteiger partial charge in [0.1, 0.15) is 11.8 Å². The fourth-order valence-electron chi connectivity index (χ4n) is 2.65. The zero-order valence-electron chi connectivity index (χ0n) is 10.5. The molecule has 2 heterocycles. The maximum Gasteiger partial charge on any atom is 0.255 e. The van der Waals surface area contributed by atoms with Gasteiger partial charge in [0.15, 0.2) is 0 Å². The van der Waals surface area contributed by atoms with Crippen LogP contribution in [0.25, 0.3) is 0 Å². The zero-order valence-corrected chi connectivity index (χ0v) is 10.5. The number of benzene rings is 1. The molecule has 0 aliphatic carbocycles. The number of piperidine rings is 1. The van der Waals surface area contributed by atoms with Crippen molar-refractivity contribution in [1.82, 2.24) is 10.2 Å². The molecule has 0 saturated carbocycles. The molecule has 1 atom stereocenters. The fourth-order valence-corrected chi connectivity index (χ4v) is 2.65. The molecule has 4 N–H and O–H groups in total. The summed E-state index contributed by atoms with van der Waals surface area (Å²) < 4.78 is 0. The molecule has 0 aromatic heterocycles. The highest BCUT2D eigenvalue weighted by atomic mass is 16.3. The highest BCUT2D eigenvalue weighted by molar-refractivity contribution is 6.06. The molecule has 0 spiro atoms. The lowest BCUT2D eigenvalue weighted by molar-refractivity contribution is -0.136. The number of rotatable bonds is 1. The molecule has 3 amide bonds. The van der Waals surface area contributed by atoms with Crippen molar-refractivity contribution < 1.29 is 19.5 Å². The number of nitrogens with zero attached hydrogens (tertiary/aromatic N) is 1. The summed E-state index contributed by atoms with van der Waals surface area (Å²) in [4.78, 5) is 36.7. The quantitative estimate of drug-likeness (QED) is 0.371. The van der Waals surface area contributed by atoms with Crippen molar-refractivity contribution in [2.24, 2.45) is 0 Å². The monoisotopic (exact) mass is 275 g/mol. The van der Waals surface area contributed by atoms with E-state index in [1.54, 1.807) is 0 Å². The molecule has 7 heteroatoms. The van der Waals surface area contributed by atoms with Crippen molar-refractivity contribution in [3.8, 4) is 5.75 Å². The number of nitrogens with two attached hydrogens (primary N) is 1. The second-order valence-electron chi connectivity index (χ2n) is 4.92. The Labute approximate surface area is 114 Å². The number of aromatic hydroxyl groups is 1. The standard InChI is InChI=1S/C13H13N3O4/c14-11-7-5-16(8-2-4-10(18)15-12(8)19)13(20)6(7)1-3-9(11)17/h1,3,8,17H,2,4-5,14H2,(H,15,18,19). The molecule has 1 aromatic rings. The van der Waals surface area contributed by atoms with E-state index in [1.807, 2.05) is 0 Å². The first-order valence-electron chi connectivity index (χ1n) is 6.24.